The van der Waals surface area contributed by atoms with Crippen molar-refractivity contribution in [2.45, 2.75) is 12.8 Å². The van der Waals surface area contributed by atoms with Gasteiger partial charge in [0.1, 0.15) is 6.42 Å². The van der Waals surface area contributed by atoms with Crippen molar-refractivity contribution in [3.8, 4) is 17.6 Å². The van der Waals surface area contributed by atoms with Gasteiger partial charge in [0.2, 0.25) is 5.91 Å². The zero-order valence-electron chi connectivity index (χ0n) is 15.2. The number of ether oxygens (including phenoxy) is 2. The van der Waals surface area contributed by atoms with Crippen LogP contribution in [-0.4, -0.2) is 32.6 Å². The van der Waals surface area contributed by atoms with Crippen molar-refractivity contribution < 1.29 is 19.1 Å². The Morgan fingerprint density at radius 2 is 1.81 bits per heavy atom. The lowest BCUT2D eigenvalue weighted by Gasteiger charge is -2.12. The second-order valence-electron chi connectivity index (χ2n) is 5.62. The SMILES string of the molecule is COc1ccc(CCNC(=O)c2ccccc2NC(=O)CC#N)cc1OC. The number of carbonyl (C=O) groups is 2. The number of nitriles is 1. The van der Waals surface area contributed by atoms with Gasteiger partial charge in [-0.1, -0.05) is 18.2 Å². The van der Waals surface area contributed by atoms with E-state index in [2.05, 4.69) is 10.6 Å². The molecule has 0 aliphatic rings. The maximum absolute atomic E-state index is 12.4. The fourth-order valence-electron chi connectivity index (χ4n) is 2.51. The van der Waals surface area contributed by atoms with Crippen LogP contribution in [0.1, 0.15) is 22.3 Å². The summed E-state index contributed by atoms with van der Waals surface area (Å²) in [4.78, 5) is 24.1. The van der Waals surface area contributed by atoms with Gasteiger partial charge in [-0.25, -0.2) is 0 Å². The summed E-state index contributed by atoms with van der Waals surface area (Å²) in [5, 5.41) is 14.0. The van der Waals surface area contributed by atoms with Crippen molar-refractivity contribution >= 4 is 17.5 Å². The van der Waals surface area contributed by atoms with Crippen molar-refractivity contribution in [3.63, 3.8) is 0 Å². The molecule has 0 spiro atoms. The maximum atomic E-state index is 12.4. The molecule has 2 aromatic carbocycles. The van der Waals surface area contributed by atoms with E-state index in [1.165, 1.54) is 0 Å². The topological polar surface area (TPSA) is 100 Å². The quantitative estimate of drug-likeness (QED) is 0.747. The third-order valence-electron chi connectivity index (χ3n) is 3.83. The minimum absolute atomic E-state index is 0.269. The molecule has 7 heteroatoms. The lowest BCUT2D eigenvalue weighted by atomic mass is 10.1. The van der Waals surface area contributed by atoms with Crippen LogP contribution in [0.5, 0.6) is 11.5 Å². The molecule has 0 aromatic heterocycles. The van der Waals surface area contributed by atoms with Crippen molar-refractivity contribution in [2.75, 3.05) is 26.1 Å². The molecule has 0 bridgehead atoms. The minimum Gasteiger partial charge on any atom is -0.493 e. The van der Waals surface area contributed by atoms with Crippen LogP contribution in [0.3, 0.4) is 0 Å². The molecule has 0 fully saturated rings. The Bertz CT molecular complexity index is 859. The molecule has 140 valence electrons. The van der Waals surface area contributed by atoms with E-state index in [4.69, 9.17) is 14.7 Å². The molecule has 0 atom stereocenters. The van der Waals surface area contributed by atoms with Crippen LogP contribution in [0.2, 0.25) is 0 Å². The lowest BCUT2D eigenvalue weighted by Crippen LogP contribution is -2.27. The number of nitrogens with one attached hydrogen (secondary N) is 2. The average Bonchev–Trinajstić information content (AvgIpc) is 2.68. The molecule has 2 rings (SSSR count). The molecular formula is C20H21N3O4. The van der Waals surface area contributed by atoms with Gasteiger partial charge >= 0.3 is 0 Å². The molecule has 2 N–H and O–H groups in total. The summed E-state index contributed by atoms with van der Waals surface area (Å²) in [6.45, 7) is 0.412. The number of hydrogen-bond acceptors (Lipinski definition) is 5. The van der Waals surface area contributed by atoms with E-state index in [0.29, 0.717) is 35.7 Å². The Kier molecular flexibility index (Phi) is 7.20. The molecule has 27 heavy (non-hydrogen) atoms. The number of methoxy groups -OCH3 is 2. The van der Waals surface area contributed by atoms with Gasteiger partial charge in [-0.05, 0) is 36.2 Å². The summed E-state index contributed by atoms with van der Waals surface area (Å²) in [6, 6.07) is 14.0. The second-order valence-corrected chi connectivity index (χ2v) is 5.62. The minimum atomic E-state index is -0.455. The highest BCUT2D eigenvalue weighted by Crippen LogP contribution is 2.27. The van der Waals surface area contributed by atoms with Crippen LogP contribution >= 0.6 is 0 Å². The van der Waals surface area contributed by atoms with E-state index in [0.717, 1.165) is 5.56 Å². The zero-order valence-corrected chi connectivity index (χ0v) is 15.2. The molecule has 0 aliphatic heterocycles. The number of hydrogen-bond donors (Lipinski definition) is 2. The first-order valence-corrected chi connectivity index (χ1v) is 8.34. The highest BCUT2D eigenvalue weighted by molar-refractivity contribution is 6.04. The molecular weight excluding hydrogens is 346 g/mol. The summed E-state index contributed by atoms with van der Waals surface area (Å²) < 4.78 is 10.5. The van der Waals surface area contributed by atoms with Crippen molar-refractivity contribution in [3.05, 3.63) is 53.6 Å². The normalized spacial score (nSPS) is 9.81. The Morgan fingerprint density at radius 1 is 1.07 bits per heavy atom. The average molecular weight is 367 g/mol. The number of rotatable bonds is 8. The standard InChI is InChI=1S/C20H21N3O4/c1-26-17-8-7-14(13-18(17)27-2)10-12-22-20(25)15-5-3-4-6-16(15)23-19(24)9-11-21/h3-8,13H,9-10,12H2,1-2H3,(H,22,25)(H,23,24). The van der Waals surface area contributed by atoms with Crippen LogP contribution in [0, 0.1) is 11.3 Å². The maximum Gasteiger partial charge on any atom is 0.253 e. The molecule has 0 radical (unpaired) electrons. The number of para-hydroxylation sites is 1. The fraction of sp³-hybridized carbons (Fsp3) is 0.250. The highest BCUT2D eigenvalue weighted by Gasteiger charge is 2.13. The zero-order chi connectivity index (χ0) is 19.6. The van der Waals surface area contributed by atoms with Gasteiger partial charge in [0.15, 0.2) is 11.5 Å². The molecule has 7 nitrogen and oxygen atoms in total. The lowest BCUT2D eigenvalue weighted by molar-refractivity contribution is -0.115. The van der Waals surface area contributed by atoms with Gasteiger partial charge < -0.3 is 20.1 Å². The molecule has 0 heterocycles. The molecule has 0 unspecified atom stereocenters. The molecule has 0 aliphatic carbocycles. The first kappa shape index (κ1) is 19.8. The summed E-state index contributed by atoms with van der Waals surface area (Å²) in [5.41, 5.74) is 1.71. The Hall–Kier alpha value is -3.53. The molecule has 0 saturated carbocycles. The van der Waals surface area contributed by atoms with Crippen LogP contribution < -0.4 is 20.1 Å². The number of anilines is 1. The van der Waals surface area contributed by atoms with Crippen LogP contribution in [-0.2, 0) is 11.2 Å². The monoisotopic (exact) mass is 367 g/mol. The van der Waals surface area contributed by atoms with Crippen molar-refractivity contribution in [1.82, 2.24) is 5.32 Å². The van der Waals surface area contributed by atoms with Gasteiger partial charge in [-0.2, -0.15) is 5.26 Å². The Labute approximate surface area is 157 Å². The van der Waals surface area contributed by atoms with E-state index >= 15 is 0 Å². The van der Waals surface area contributed by atoms with Gasteiger partial charge in [0, 0.05) is 6.54 Å². The Balaban J connectivity index is 1.98. The summed E-state index contributed by atoms with van der Waals surface area (Å²) in [7, 11) is 3.14. The van der Waals surface area contributed by atoms with E-state index in [9.17, 15) is 9.59 Å². The van der Waals surface area contributed by atoms with Crippen molar-refractivity contribution in [2.24, 2.45) is 0 Å². The van der Waals surface area contributed by atoms with E-state index in [1.54, 1.807) is 44.6 Å². The van der Waals surface area contributed by atoms with Gasteiger partial charge in [0.05, 0.1) is 31.5 Å². The fourth-order valence-corrected chi connectivity index (χ4v) is 2.51. The van der Waals surface area contributed by atoms with Crippen molar-refractivity contribution in [1.29, 1.82) is 5.26 Å². The number of carbonyl (C=O) groups excluding carboxylic acids is 2. The van der Waals surface area contributed by atoms with Crippen LogP contribution in [0.4, 0.5) is 5.69 Å². The largest absolute Gasteiger partial charge is 0.493 e. The summed E-state index contributed by atoms with van der Waals surface area (Å²) in [6.07, 6.45) is 0.338. The summed E-state index contributed by atoms with van der Waals surface area (Å²) >= 11 is 0. The van der Waals surface area contributed by atoms with E-state index in [1.807, 2.05) is 18.2 Å². The van der Waals surface area contributed by atoms with E-state index < -0.39 is 5.91 Å². The van der Waals surface area contributed by atoms with Gasteiger partial charge in [0.25, 0.3) is 5.91 Å². The third-order valence-corrected chi connectivity index (χ3v) is 3.83. The molecule has 0 saturated heterocycles. The highest BCUT2D eigenvalue weighted by atomic mass is 16.5. The van der Waals surface area contributed by atoms with E-state index in [-0.39, 0.29) is 12.3 Å². The first-order valence-electron chi connectivity index (χ1n) is 8.34. The van der Waals surface area contributed by atoms with Gasteiger partial charge in [-0.3, -0.25) is 9.59 Å². The molecule has 2 amide bonds. The number of nitrogens with zero attached hydrogens (tertiary/aromatic N) is 1. The van der Waals surface area contributed by atoms with Crippen LogP contribution in [0.25, 0.3) is 0 Å². The predicted molar refractivity (Wildman–Crippen MR) is 101 cm³/mol. The Morgan fingerprint density at radius 3 is 2.52 bits per heavy atom. The first-order chi connectivity index (χ1) is 13.1. The third kappa shape index (κ3) is 5.47. The predicted octanol–water partition coefficient (Wildman–Crippen LogP) is 2.53. The second kappa shape index (κ2) is 9.82. The number of benzene rings is 2. The summed E-state index contributed by atoms with van der Waals surface area (Å²) in [5.74, 6) is 0.519. The van der Waals surface area contributed by atoms with Gasteiger partial charge in [-0.15, -0.1) is 0 Å². The van der Waals surface area contributed by atoms with Crippen LogP contribution in [0.15, 0.2) is 42.5 Å². The molecule has 2 aromatic rings. The smallest absolute Gasteiger partial charge is 0.253 e. The number of amides is 2.